The Balaban J connectivity index is 3.48. The quantitative estimate of drug-likeness (QED) is 0.607. The molecule has 0 N–H and O–H groups in total. The number of hydrogen-bond donors (Lipinski definition) is 0. The van der Waals surface area contributed by atoms with Gasteiger partial charge in [0, 0.05) is 0 Å². The molecule has 0 amide bonds. The number of carbonyl (C=O) groups excluding carboxylic acids is 1. The average Bonchev–Trinajstić information content (AvgIpc) is 2.37. The van der Waals surface area contributed by atoms with Crippen molar-refractivity contribution in [3.05, 3.63) is 23.8 Å². The number of benzene rings is 1. The van der Waals surface area contributed by atoms with Crippen LogP contribution in [0.3, 0.4) is 0 Å². The van der Waals surface area contributed by atoms with Gasteiger partial charge in [-0.1, -0.05) is 67.9 Å². The second-order valence-electron chi connectivity index (χ2n) is 7.48. The van der Waals surface area contributed by atoms with Crippen LogP contribution < -0.4 is 10.4 Å². The maximum atomic E-state index is 12.0. The van der Waals surface area contributed by atoms with Gasteiger partial charge in [-0.15, -0.1) is 11.8 Å². The Morgan fingerprint density at radius 2 is 1.43 bits per heavy atom. The zero-order valence-electron chi connectivity index (χ0n) is 14.5. The van der Waals surface area contributed by atoms with Crippen molar-refractivity contribution in [2.75, 3.05) is 13.4 Å². The molecule has 0 saturated heterocycles. The molecule has 5 heteroatoms. The Morgan fingerprint density at radius 1 is 1.00 bits per heavy atom. The fourth-order valence-corrected chi connectivity index (χ4v) is 5.36. The fraction of sp³-hybridized carbons (Fsp3) is 0.562. The summed E-state index contributed by atoms with van der Waals surface area (Å²) in [5.41, 5.74) is 1.10. The molecule has 0 aliphatic carbocycles. The molecule has 21 heavy (non-hydrogen) atoms. The molecule has 1 atom stereocenters. The van der Waals surface area contributed by atoms with Crippen LogP contribution in [-0.4, -0.2) is 35.5 Å². The smallest absolute Gasteiger partial charge is 0.323 e. The largest absolute Gasteiger partial charge is 0.468 e. The first-order chi connectivity index (χ1) is 9.50. The van der Waals surface area contributed by atoms with Gasteiger partial charge in [0.05, 0.1) is 23.3 Å². The fourth-order valence-electron chi connectivity index (χ4n) is 2.14. The van der Waals surface area contributed by atoms with Crippen molar-refractivity contribution in [3.63, 3.8) is 0 Å². The predicted molar refractivity (Wildman–Crippen MR) is 101 cm³/mol. The van der Waals surface area contributed by atoms with Crippen LogP contribution in [0.5, 0.6) is 0 Å². The van der Waals surface area contributed by atoms with Gasteiger partial charge in [0.25, 0.3) is 0 Å². The Kier molecular flexibility index (Phi) is 5.92. The molecule has 0 aliphatic rings. The van der Waals surface area contributed by atoms with Gasteiger partial charge in [0.15, 0.2) is 0 Å². The van der Waals surface area contributed by atoms with E-state index in [4.69, 9.17) is 4.74 Å². The van der Waals surface area contributed by atoms with Crippen molar-refractivity contribution in [2.45, 2.75) is 44.5 Å². The van der Waals surface area contributed by atoms with E-state index in [-0.39, 0.29) is 11.2 Å². The van der Waals surface area contributed by atoms with E-state index in [1.54, 1.807) is 11.8 Å². The summed E-state index contributed by atoms with van der Waals surface area (Å²) in [6.45, 7) is 14.1. The van der Waals surface area contributed by atoms with Gasteiger partial charge in [-0.05, 0) is 11.8 Å². The first-order valence-corrected chi connectivity index (χ1v) is 15.6. The molecule has 0 fully saturated rings. The highest BCUT2D eigenvalue weighted by molar-refractivity contribution is 7.99. The van der Waals surface area contributed by atoms with E-state index in [1.807, 2.05) is 6.26 Å². The van der Waals surface area contributed by atoms with Gasteiger partial charge < -0.3 is 4.74 Å². The van der Waals surface area contributed by atoms with E-state index >= 15 is 0 Å². The number of carbonyl (C=O) groups is 1. The van der Waals surface area contributed by atoms with Crippen molar-refractivity contribution < 1.29 is 9.53 Å². The van der Waals surface area contributed by atoms with Crippen molar-refractivity contribution in [1.82, 2.24) is 0 Å². The second-order valence-corrected chi connectivity index (χ2v) is 18.6. The summed E-state index contributed by atoms with van der Waals surface area (Å²) in [7, 11) is -1.37. The number of esters is 1. The number of thioether (sulfide) groups is 1. The van der Waals surface area contributed by atoms with Crippen molar-refractivity contribution in [3.8, 4) is 0 Å². The van der Waals surface area contributed by atoms with E-state index in [0.29, 0.717) is 0 Å². The molecule has 0 aromatic heterocycles. The van der Waals surface area contributed by atoms with Gasteiger partial charge in [-0.2, -0.15) is 0 Å². The molecule has 1 aromatic rings. The summed E-state index contributed by atoms with van der Waals surface area (Å²) >= 11 is 1.55. The predicted octanol–water partition coefficient (Wildman–Crippen LogP) is 3.35. The van der Waals surface area contributed by atoms with Crippen LogP contribution in [0.15, 0.2) is 18.2 Å². The van der Waals surface area contributed by atoms with Crippen molar-refractivity contribution in [2.24, 2.45) is 0 Å². The van der Waals surface area contributed by atoms with Crippen LogP contribution in [0, 0.1) is 0 Å². The van der Waals surface area contributed by atoms with E-state index < -0.39 is 16.1 Å². The summed E-state index contributed by atoms with van der Waals surface area (Å²) in [5, 5.41) is 2.64. The number of rotatable bonds is 5. The molecule has 1 unspecified atom stereocenters. The molecule has 0 saturated carbocycles. The second kappa shape index (κ2) is 6.71. The van der Waals surface area contributed by atoms with Gasteiger partial charge in [0.2, 0.25) is 0 Å². The Morgan fingerprint density at radius 3 is 1.71 bits per heavy atom. The molecule has 2 nitrogen and oxygen atoms in total. The Bertz CT molecular complexity index is 484. The SMILES string of the molecule is COC(=O)C(SC)c1cc([Si](C)(C)C)cc([Si](C)(C)C)c1. The van der Waals surface area contributed by atoms with Gasteiger partial charge in [0.1, 0.15) is 5.25 Å². The lowest BCUT2D eigenvalue weighted by molar-refractivity contribution is -0.140. The van der Waals surface area contributed by atoms with E-state index in [2.05, 4.69) is 57.5 Å². The highest BCUT2D eigenvalue weighted by Gasteiger charge is 2.27. The lowest BCUT2D eigenvalue weighted by atomic mass is 10.1. The van der Waals surface area contributed by atoms with E-state index in [9.17, 15) is 4.79 Å². The average molecular weight is 341 g/mol. The van der Waals surface area contributed by atoms with Crippen LogP contribution in [0.1, 0.15) is 10.8 Å². The Labute approximate surface area is 135 Å². The molecule has 1 aromatic carbocycles. The lowest BCUT2D eigenvalue weighted by Crippen LogP contribution is -2.45. The number of ether oxygens (including phenoxy) is 1. The molecule has 0 heterocycles. The molecule has 0 aliphatic heterocycles. The molecular weight excluding hydrogens is 312 g/mol. The van der Waals surface area contributed by atoms with E-state index in [0.717, 1.165) is 5.56 Å². The van der Waals surface area contributed by atoms with E-state index in [1.165, 1.54) is 17.5 Å². The zero-order valence-corrected chi connectivity index (χ0v) is 17.4. The minimum Gasteiger partial charge on any atom is -0.468 e. The highest BCUT2D eigenvalue weighted by Crippen LogP contribution is 2.27. The minimum absolute atomic E-state index is 0.156. The molecule has 0 spiro atoms. The van der Waals surface area contributed by atoms with Crippen LogP contribution in [0.2, 0.25) is 39.3 Å². The van der Waals surface area contributed by atoms with Gasteiger partial charge in [-0.25, -0.2) is 0 Å². The van der Waals surface area contributed by atoms with Crippen LogP contribution >= 0.6 is 11.8 Å². The van der Waals surface area contributed by atoms with Crippen molar-refractivity contribution >= 4 is 44.3 Å². The summed E-state index contributed by atoms with van der Waals surface area (Å²) in [6, 6.07) is 6.85. The number of methoxy groups -OCH3 is 1. The minimum atomic E-state index is -1.42. The molecular formula is C16H28O2SSi2. The summed E-state index contributed by atoms with van der Waals surface area (Å²) in [4.78, 5) is 12.0. The summed E-state index contributed by atoms with van der Waals surface area (Å²) < 4.78 is 4.97. The van der Waals surface area contributed by atoms with Crippen molar-refractivity contribution in [1.29, 1.82) is 0 Å². The van der Waals surface area contributed by atoms with Crippen LogP contribution in [0.4, 0.5) is 0 Å². The zero-order chi connectivity index (χ0) is 16.4. The third-order valence-corrected chi connectivity index (χ3v) is 8.62. The highest BCUT2D eigenvalue weighted by atomic mass is 32.2. The standard InChI is InChI=1S/C16H28O2SSi2/c1-18-16(17)15(19-2)12-9-13(20(3,4)5)11-14(10-12)21(6,7)8/h9-11,15H,1-8H3. The third-order valence-electron chi connectivity index (χ3n) is 3.64. The summed E-state index contributed by atoms with van der Waals surface area (Å²) in [5.74, 6) is -0.156. The van der Waals surface area contributed by atoms with Crippen LogP contribution in [0.25, 0.3) is 0 Å². The number of hydrogen-bond acceptors (Lipinski definition) is 3. The molecule has 1 rings (SSSR count). The summed E-state index contributed by atoms with van der Waals surface area (Å²) in [6.07, 6.45) is 1.97. The monoisotopic (exact) mass is 340 g/mol. The maximum Gasteiger partial charge on any atom is 0.323 e. The molecule has 118 valence electrons. The topological polar surface area (TPSA) is 26.3 Å². The first kappa shape index (κ1) is 18.5. The van der Waals surface area contributed by atoms with Gasteiger partial charge >= 0.3 is 5.97 Å². The third kappa shape index (κ3) is 4.73. The molecule has 0 bridgehead atoms. The maximum absolute atomic E-state index is 12.0. The van der Waals surface area contributed by atoms with Crippen LogP contribution in [-0.2, 0) is 9.53 Å². The molecule has 0 radical (unpaired) electrons. The first-order valence-electron chi connectivity index (χ1n) is 7.27. The normalized spacial score (nSPS) is 13.9. The Hall–Kier alpha value is -0.526. The lowest BCUT2D eigenvalue weighted by Gasteiger charge is -2.25. The van der Waals surface area contributed by atoms with Gasteiger partial charge in [-0.3, -0.25) is 4.79 Å².